The van der Waals surface area contributed by atoms with Crippen molar-refractivity contribution in [2.24, 2.45) is 23.7 Å². The molecule has 0 saturated heterocycles. The number of nitrogens with one attached hydrogen (secondary N) is 1. The number of ether oxygens (including phenoxy) is 4. The van der Waals surface area contributed by atoms with Gasteiger partial charge in [0.2, 0.25) is 0 Å². The van der Waals surface area contributed by atoms with E-state index in [0.717, 1.165) is 5.56 Å². The summed E-state index contributed by atoms with van der Waals surface area (Å²) in [6.45, 7) is 14.7. The quantitative estimate of drug-likeness (QED) is 0.115. The third kappa shape index (κ3) is 7.10. The maximum absolute atomic E-state index is 14.6. The summed E-state index contributed by atoms with van der Waals surface area (Å²) in [4.78, 5) is 45.6. The number of ketones is 1. The molecular formula is C43H51N3O11. The molecule has 2 aliphatic rings. The van der Waals surface area contributed by atoms with Crippen LogP contribution < -0.4 is 10.1 Å². The zero-order chi connectivity index (χ0) is 41.8. The largest absolute Gasteiger partial charge is 0.507 e. The van der Waals surface area contributed by atoms with Crippen LogP contribution in [0.15, 0.2) is 54.5 Å². The lowest BCUT2D eigenvalue weighted by molar-refractivity contribution is -0.160. The van der Waals surface area contributed by atoms with E-state index in [1.807, 2.05) is 19.1 Å². The van der Waals surface area contributed by atoms with Crippen LogP contribution in [-0.2, 0) is 23.8 Å². The second-order valence-corrected chi connectivity index (χ2v) is 15.6. The van der Waals surface area contributed by atoms with Crippen molar-refractivity contribution in [2.75, 3.05) is 12.4 Å². The molecule has 4 heterocycles. The Kier molecular flexibility index (Phi) is 11.2. The van der Waals surface area contributed by atoms with Gasteiger partial charge in [-0.1, -0.05) is 45.9 Å². The number of Topliss-reactive ketones (excluding diaryl/α,β-unsaturated/α-hetero) is 1. The fourth-order valence-electron chi connectivity index (χ4n) is 8.03. The number of esters is 1. The monoisotopic (exact) mass is 785 g/mol. The molecule has 9 atom stereocenters. The SMILES string of the molecule is CO[C@@H]1/C=C\O[C@@]2(C)Oc3c(C)c(O)c4c(O)c(c5c(nc6cc(C)ccn65)c4c3C2=O)NC(=O)/C(C)=C/C=C/[C@H](C)[C@H](O)[C@@H](C)[C@@H](O)[C@@H](C)[C@H](OC(C)=O)[C@H]1C. The molecule has 0 saturated carbocycles. The highest BCUT2D eigenvalue weighted by molar-refractivity contribution is 6.28. The lowest BCUT2D eigenvalue weighted by Gasteiger charge is -2.38. The summed E-state index contributed by atoms with van der Waals surface area (Å²) >= 11 is 0. The number of hydrogen-bond donors (Lipinski definition) is 5. The zero-order valence-corrected chi connectivity index (χ0v) is 33.8. The van der Waals surface area contributed by atoms with Crippen molar-refractivity contribution in [3.05, 3.63) is 71.2 Å². The Morgan fingerprint density at radius 2 is 1.68 bits per heavy atom. The van der Waals surface area contributed by atoms with Crippen LogP contribution in [0.3, 0.4) is 0 Å². The van der Waals surface area contributed by atoms with Gasteiger partial charge in [0.25, 0.3) is 11.7 Å². The average Bonchev–Trinajstić information content (AvgIpc) is 3.67. The Bertz CT molecular complexity index is 2380. The Morgan fingerprint density at radius 1 is 0.982 bits per heavy atom. The predicted octanol–water partition coefficient (Wildman–Crippen LogP) is 6.16. The number of rotatable bonds is 2. The molecule has 0 spiro atoms. The molecule has 304 valence electrons. The molecule has 14 heteroatoms. The van der Waals surface area contributed by atoms with Crippen LogP contribution >= 0.6 is 0 Å². The average molecular weight is 786 g/mol. The van der Waals surface area contributed by atoms with Crippen molar-refractivity contribution >= 4 is 50.8 Å². The highest BCUT2D eigenvalue weighted by atomic mass is 16.7. The molecule has 2 aliphatic heterocycles. The van der Waals surface area contributed by atoms with Crippen molar-refractivity contribution in [3.63, 3.8) is 0 Å². The number of phenolic OH excluding ortho intramolecular Hbond substituents is 2. The number of phenols is 2. The van der Waals surface area contributed by atoms with Gasteiger partial charge in [-0.2, -0.15) is 0 Å². The molecule has 4 bridgehead atoms. The molecule has 6 rings (SSSR count). The second kappa shape index (κ2) is 15.5. The van der Waals surface area contributed by atoms with E-state index in [4.69, 9.17) is 23.9 Å². The number of carbonyl (C=O) groups excluding carboxylic acids is 3. The van der Waals surface area contributed by atoms with Gasteiger partial charge in [0.15, 0.2) is 5.75 Å². The number of imidazole rings is 1. The van der Waals surface area contributed by atoms with Gasteiger partial charge in [0.05, 0.1) is 35.5 Å². The molecule has 5 N–H and O–H groups in total. The third-order valence-corrected chi connectivity index (χ3v) is 11.5. The van der Waals surface area contributed by atoms with E-state index in [2.05, 4.69) is 5.32 Å². The third-order valence-electron chi connectivity index (χ3n) is 11.5. The minimum Gasteiger partial charge on any atom is -0.507 e. The van der Waals surface area contributed by atoms with E-state index in [9.17, 15) is 34.8 Å². The van der Waals surface area contributed by atoms with Gasteiger partial charge in [0, 0.05) is 67.3 Å². The normalized spacial score (nSPS) is 30.8. The summed E-state index contributed by atoms with van der Waals surface area (Å²) in [6, 6.07) is 3.64. The molecule has 0 radical (unpaired) electrons. The van der Waals surface area contributed by atoms with Gasteiger partial charge in [-0.05, 0) is 44.5 Å². The van der Waals surface area contributed by atoms with Gasteiger partial charge in [-0.3, -0.25) is 18.8 Å². The summed E-state index contributed by atoms with van der Waals surface area (Å²) in [5, 5.41) is 49.4. The van der Waals surface area contributed by atoms with Crippen LogP contribution in [0.2, 0.25) is 0 Å². The smallest absolute Gasteiger partial charge is 0.312 e. The number of nitrogens with zero attached hydrogens (tertiary/aromatic N) is 2. The topological polar surface area (TPSA) is 198 Å². The highest BCUT2D eigenvalue weighted by Gasteiger charge is 2.50. The number of hydrogen-bond acceptors (Lipinski definition) is 12. The van der Waals surface area contributed by atoms with Crippen LogP contribution in [0.1, 0.15) is 70.0 Å². The van der Waals surface area contributed by atoms with Gasteiger partial charge in [0.1, 0.15) is 40.0 Å². The first kappa shape index (κ1) is 41.2. The van der Waals surface area contributed by atoms with Crippen LogP contribution in [0, 0.1) is 37.5 Å². The van der Waals surface area contributed by atoms with E-state index < -0.39 is 77.3 Å². The number of aromatic nitrogens is 2. The second-order valence-electron chi connectivity index (χ2n) is 15.6. The first-order valence-corrected chi connectivity index (χ1v) is 19.0. The lowest BCUT2D eigenvalue weighted by Crippen LogP contribution is -2.46. The molecular weight excluding hydrogens is 734 g/mol. The van der Waals surface area contributed by atoms with E-state index >= 15 is 0 Å². The Morgan fingerprint density at radius 3 is 2.35 bits per heavy atom. The lowest BCUT2D eigenvalue weighted by atomic mass is 9.78. The maximum Gasteiger partial charge on any atom is 0.312 e. The summed E-state index contributed by atoms with van der Waals surface area (Å²) in [5.74, 6) is -6.96. The van der Waals surface area contributed by atoms with Crippen LogP contribution in [-0.4, -0.2) is 84.8 Å². The maximum atomic E-state index is 14.6. The number of carbonyl (C=O) groups is 3. The number of allylic oxidation sites excluding steroid dienone is 2. The Balaban J connectivity index is 1.58. The number of amides is 1. The number of methoxy groups -OCH3 is 1. The van der Waals surface area contributed by atoms with Crippen molar-refractivity contribution in [1.82, 2.24) is 9.38 Å². The van der Waals surface area contributed by atoms with E-state index in [1.165, 1.54) is 40.2 Å². The van der Waals surface area contributed by atoms with Crippen LogP contribution in [0.25, 0.3) is 27.5 Å². The molecule has 2 aromatic heterocycles. The summed E-state index contributed by atoms with van der Waals surface area (Å²) in [6.07, 6.45) is 5.62. The summed E-state index contributed by atoms with van der Waals surface area (Å²) in [7, 11) is 1.46. The molecule has 2 aromatic carbocycles. The fourth-order valence-corrected chi connectivity index (χ4v) is 8.03. The van der Waals surface area contributed by atoms with E-state index in [0.29, 0.717) is 5.65 Å². The number of pyridine rings is 1. The summed E-state index contributed by atoms with van der Waals surface area (Å²) < 4.78 is 25.5. The van der Waals surface area contributed by atoms with Crippen molar-refractivity contribution in [1.29, 1.82) is 0 Å². The first-order chi connectivity index (χ1) is 26.8. The molecule has 0 aliphatic carbocycles. The minimum atomic E-state index is -1.96. The highest BCUT2D eigenvalue weighted by Crippen LogP contribution is 2.54. The fraction of sp³-hybridized carbons (Fsp3) is 0.442. The van der Waals surface area contributed by atoms with Crippen molar-refractivity contribution in [3.8, 4) is 17.2 Å². The molecule has 0 fully saturated rings. The molecule has 0 unspecified atom stereocenters. The van der Waals surface area contributed by atoms with E-state index in [-0.39, 0.29) is 55.7 Å². The first-order valence-electron chi connectivity index (χ1n) is 19.0. The summed E-state index contributed by atoms with van der Waals surface area (Å²) in [5.41, 5.74) is 2.18. The molecule has 4 aromatic rings. The van der Waals surface area contributed by atoms with Crippen molar-refractivity contribution in [2.45, 2.75) is 92.5 Å². The predicted molar refractivity (Wildman–Crippen MR) is 213 cm³/mol. The molecule has 1 amide bonds. The van der Waals surface area contributed by atoms with E-state index in [1.54, 1.807) is 63.4 Å². The number of fused-ring (bicyclic) bond motifs is 2. The van der Waals surface area contributed by atoms with Crippen molar-refractivity contribution < 1.29 is 53.8 Å². The number of aliphatic hydroxyl groups is 2. The molecule has 14 nitrogen and oxygen atoms in total. The number of anilines is 1. The van der Waals surface area contributed by atoms with Gasteiger partial charge < -0.3 is 44.7 Å². The van der Waals surface area contributed by atoms with Gasteiger partial charge >= 0.3 is 11.8 Å². The number of aryl methyl sites for hydroxylation is 1. The standard InChI is InChI=1S/C43H51N3O11/c1-19-14-16-46-28(18-19)44-32-29-30-37(50)25(7)40-31(29)41(52)43(9,57-40)55-17-15-27(54-10)22(4)39(56-26(8)47)24(6)36(49)23(5)35(48)20(2)12-11-13-21(3)42(53)45-33(34(32)46)38(30)51/h11-18,20,22-24,27,35-36,39,48-51H,1-10H3,(H,45,53)/b12-11+,17-15-,21-13+/t20-,22-,23+,24+,27+,35-,36+,39+,43-/m0/s1. The number of aliphatic hydroxyl groups excluding tert-OH is 2. The molecule has 57 heavy (non-hydrogen) atoms. The minimum absolute atomic E-state index is 0.0185. The number of benzene rings is 2. The Labute approximate surface area is 330 Å². The van der Waals surface area contributed by atoms with Crippen LogP contribution in [0.4, 0.5) is 5.69 Å². The Hall–Kier alpha value is -5.44. The van der Waals surface area contributed by atoms with Gasteiger partial charge in [-0.15, -0.1) is 0 Å². The zero-order valence-electron chi connectivity index (χ0n) is 33.8. The van der Waals surface area contributed by atoms with Crippen LogP contribution in [0.5, 0.6) is 17.2 Å². The number of aromatic hydroxyl groups is 2. The van der Waals surface area contributed by atoms with Gasteiger partial charge in [-0.25, -0.2) is 4.98 Å².